The normalized spacial score (nSPS) is 10.6. The maximum atomic E-state index is 10.1. The summed E-state index contributed by atoms with van der Waals surface area (Å²) in [5, 5.41) is 26.6. The van der Waals surface area contributed by atoms with Gasteiger partial charge in [-0.3, -0.25) is 5.10 Å². The number of H-pyrrole nitrogens is 1. The lowest BCUT2D eigenvalue weighted by molar-refractivity contribution is 0.415. The molecule has 0 unspecified atom stereocenters. The number of halogens is 1. The van der Waals surface area contributed by atoms with Crippen LogP contribution in [0, 0.1) is 0 Å². The molecule has 3 rings (SSSR count). The molecule has 0 radical (unpaired) electrons. The van der Waals surface area contributed by atoms with E-state index in [0.29, 0.717) is 11.3 Å². The number of nitrogens with one attached hydrogen (secondary N) is 1. The number of phenolic OH excluding ortho intramolecular Hbond substituents is 2. The van der Waals surface area contributed by atoms with Crippen molar-refractivity contribution < 1.29 is 14.9 Å². The molecule has 0 aliphatic carbocycles. The highest BCUT2D eigenvalue weighted by Gasteiger charge is 2.15. The van der Waals surface area contributed by atoms with Gasteiger partial charge in [0.25, 0.3) is 0 Å². The lowest BCUT2D eigenvalue weighted by atomic mass is 10.0. The Bertz CT molecular complexity index is 813. The van der Waals surface area contributed by atoms with E-state index in [1.165, 1.54) is 12.1 Å². The molecule has 0 amide bonds. The highest BCUT2D eigenvalue weighted by Crippen LogP contribution is 2.40. The standard InChI is InChI=1S/C16H13ClN2O3/c1-22-10-4-2-9(3-5-10)12-8-18-19-16(12)11-6-13(17)15(21)7-14(11)20/h2-8,20-21H,1H3,(H,18,19). The van der Waals surface area contributed by atoms with Crippen molar-refractivity contribution in [3.63, 3.8) is 0 Å². The minimum Gasteiger partial charge on any atom is -0.507 e. The molecule has 3 aromatic rings. The fourth-order valence-electron chi connectivity index (χ4n) is 2.23. The third kappa shape index (κ3) is 2.46. The number of rotatable bonds is 3. The van der Waals surface area contributed by atoms with Gasteiger partial charge >= 0.3 is 0 Å². The zero-order valence-electron chi connectivity index (χ0n) is 11.7. The number of hydrogen-bond acceptors (Lipinski definition) is 4. The molecule has 112 valence electrons. The molecule has 0 saturated carbocycles. The van der Waals surface area contributed by atoms with Gasteiger partial charge in [0, 0.05) is 17.2 Å². The number of hydrogen-bond donors (Lipinski definition) is 3. The Balaban J connectivity index is 2.10. The van der Waals surface area contributed by atoms with E-state index in [-0.39, 0.29) is 16.5 Å². The smallest absolute Gasteiger partial charge is 0.137 e. The van der Waals surface area contributed by atoms with Gasteiger partial charge in [0.2, 0.25) is 0 Å². The van der Waals surface area contributed by atoms with Crippen molar-refractivity contribution in [3.8, 4) is 39.6 Å². The number of ether oxygens (including phenoxy) is 1. The van der Waals surface area contributed by atoms with Crippen molar-refractivity contribution >= 4 is 11.6 Å². The first-order valence-electron chi connectivity index (χ1n) is 6.50. The Kier molecular flexibility index (Phi) is 3.65. The van der Waals surface area contributed by atoms with Gasteiger partial charge in [-0.2, -0.15) is 5.10 Å². The fraction of sp³-hybridized carbons (Fsp3) is 0.0625. The Hall–Kier alpha value is -2.66. The summed E-state index contributed by atoms with van der Waals surface area (Å²) < 4.78 is 5.14. The lowest BCUT2D eigenvalue weighted by Gasteiger charge is -2.08. The average molecular weight is 317 g/mol. The molecular weight excluding hydrogens is 304 g/mol. The molecular formula is C16H13ClN2O3. The van der Waals surface area contributed by atoms with Gasteiger partial charge in [-0.15, -0.1) is 0 Å². The van der Waals surface area contributed by atoms with Crippen molar-refractivity contribution in [2.45, 2.75) is 0 Å². The summed E-state index contributed by atoms with van der Waals surface area (Å²) in [5.41, 5.74) is 2.79. The van der Waals surface area contributed by atoms with Crippen molar-refractivity contribution in [2.75, 3.05) is 7.11 Å². The molecule has 22 heavy (non-hydrogen) atoms. The molecule has 0 aliphatic rings. The molecule has 0 bridgehead atoms. The van der Waals surface area contributed by atoms with Crippen LogP contribution in [0.4, 0.5) is 0 Å². The van der Waals surface area contributed by atoms with Crippen molar-refractivity contribution in [3.05, 3.63) is 47.6 Å². The summed E-state index contributed by atoms with van der Waals surface area (Å²) in [6.45, 7) is 0. The first kappa shape index (κ1) is 14.3. The topological polar surface area (TPSA) is 78.4 Å². The molecule has 1 heterocycles. The maximum absolute atomic E-state index is 10.1. The van der Waals surface area contributed by atoms with Crippen LogP contribution in [-0.2, 0) is 0 Å². The second kappa shape index (κ2) is 5.61. The Morgan fingerprint density at radius 3 is 2.45 bits per heavy atom. The predicted octanol–water partition coefficient (Wildman–Crippen LogP) is 3.82. The van der Waals surface area contributed by atoms with Crippen LogP contribution in [0.2, 0.25) is 5.02 Å². The average Bonchev–Trinajstić information content (AvgIpc) is 3.00. The van der Waals surface area contributed by atoms with Gasteiger partial charge in [0.05, 0.1) is 24.0 Å². The van der Waals surface area contributed by atoms with Crippen LogP contribution in [0.3, 0.4) is 0 Å². The van der Waals surface area contributed by atoms with E-state index in [1.807, 2.05) is 24.3 Å². The number of aromatic hydroxyl groups is 2. The van der Waals surface area contributed by atoms with E-state index in [2.05, 4.69) is 10.2 Å². The minimum absolute atomic E-state index is 0.0825. The van der Waals surface area contributed by atoms with Crippen LogP contribution in [-0.4, -0.2) is 27.5 Å². The van der Waals surface area contributed by atoms with Gasteiger partial charge in [-0.05, 0) is 23.8 Å². The monoisotopic (exact) mass is 316 g/mol. The maximum Gasteiger partial charge on any atom is 0.137 e. The molecule has 6 heteroatoms. The molecule has 5 nitrogen and oxygen atoms in total. The Morgan fingerprint density at radius 1 is 1.05 bits per heavy atom. The predicted molar refractivity (Wildman–Crippen MR) is 84.4 cm³/mol. The van der Waals surface area contributed by atoms with E-state index < -0.39 is 0 Å². The summed E-state index contributed by atoms with van der Waals surface area (Å²) in [7, 11) is 1.61. The summed E-state index contributed by atoms with van der Waals surface area (Å²) in [6.07, 6.45) is 1.66. The second-order valence-corrected chi connectivity index (χ2v) is 5.12. The van der Waals surface area contributed by atoms with Crippen molar-refractivity contribution in [1.82, 2.24) is 10.2 Å². The van der Waals surface area contributed by atoms with Gasteiger partial charge in [-0.25, -0.2) is 0 Å². The number of methoxy groups -OCH3 is 1. The highest BCUT2D eigenvalue weighted by atomic mass is 35.5. The van der Waals surface area contributed by atoms with E-state index in [1.54, 1.807) is 13.3 Å². The molecule has 0 saturated heterocycles. The van der Waals surface area contributed by atoms with Gasteiger partial charge in [0.1, 0.15) is 17.2 Å². The van der Waals surface area contributed by atoms with Crippen LogP contribution < -0.4 is 4.74 Å². The minimum atomic E-state index is -0.173. The molecule has 0 spiro atoms. The first-order chi connectivity index (χ1) is 10.6. The van der Waals surface area contributed by atoms with Crippen LogP contribution in [0.1, 0.15) is 0 Å². The Labute approximate surface area is 131 Å². The van der Waals surface area contributed by atoms with E-state index in [0.717, 1.165) is 16.9 Å². The van der Waals surface area contributed by atoms with Crippen molar-refractivity contribution in [1.29, 1.82) is 0 Å². The zero-order chi connectivity index (χ0) is 15.7. The van der Waals surface area contributed by atoms with Gasteiger partial charge < -0.3 is 14.9 Å². The molecule has 3 N–H and O–H groups in total. The van der Waals surface area contributed by atoms with E-state index in [9.17, 15) is 10.2 Å². The van der Waals surface area contributed by atoms with Crippen LogP contribution >= 0.6 is 11.6 Å². The fourth-order valence-corrected chi connectivity index (χ4v) is 2.40. The largest absolute Gasteiger partial charge is 0.507 e. The SMILES string of the molecule is COc1ccc(-c2cn[nH]c2-c2cc(Cl)c(O)cc2O)cc1. The quantitative estimate of drug-likeness (QED) is 0.686. The highest BCUT2D eigenvalue weighted by molar-refractivity contribution is 6.32. The number of phenols is 2. The first-order valence-corrected chi connectivity index (χ1v) is 6.87. The summed E-state index contributed by atoms with van der Waals surface area (Å²) in [6, 6.07) is 10.2. The number of aromatic nitrogens is 2. The van der Waals surface area contributed by atoms with E-state index in [4.69, 9.17) is 16.3 Å². The van der Waals surface area contributed by atoms with Crippen molar-refractivity contribution in [2.24, 2.45) is 0 Å². The molecule has 1 aromatic heterocycles. The van der Waals surface area contributed by atoms with Gasteiger partial charge in [0.15, 0.2) is 0 Å². The van der Waals surface area contributed by atoms with Crippen LogP contribution in [0.5, 0.6) is 17.2 Å². The Morgan fingerprint density at radius 2 is 1.77 bits per heavy atom. The molecule has 0 atom stereocenters. The summed E-state index contributed by atoms with van der Waals surface area (Å²) in [4.78, 5) is 0. The van der Waals surface area contributed by atoms with Gasteiger partial charge in [-0.1, -0.05) is 23.7 Å². The third-order valence-electron chi connectivity index (χ3n) is 3.37. The molecule has 0 aliphatic heterocycles. The van der Waals surface area contributed by atoms with Crippen LogP contribution in [0.25, 0.3) is 22.4 Å². The molecule has 2 aromatic carbocycles. The molecule has 0 fully saturated rings. The number of benzene rings is 2. The van der Waals surface area contributed by atoms with E-state index >= 15 is 0 Å². The summed E-state index contributed by atoms with van der Waals surface area (Å²) >= 11 is 5.93. The lowest BCUT2D eigenvalue weighted by Crippen LogP contribution is -1.86. The summed E-state index contributed by atoms with van der Waals surface area (Å²) in [5.74, 6) is 0.499. The number of nitrogens with zero attached hydrogens (tertiary/aromatic N) is 1. The zero-order valence-corrected chi connectivity index (χ0v) is 12.4. The third-order valence-corrected chi connectivity index (χ3v) is 3.68. The number of aromatic amines is 1. The second-order valence-electron chi connectivity index (χ2n) is 4.71. The van der Waals surface area contributed by atoms with Crippen LogP contribution in [0.15, 0.2) is 42.6 Å².